The predicted octanol–water partition coefficient (Wildman–Crippen LogP) is 2.84. The quantitative estimate of drug-likeness (QED) is 0.665. The Morgan fingerprint density at radius 2 is 2.24 bits per heavy atom. The van der Waals surface area contributed by atoms with E-state index in [1.807, 2.05) is 0 Å². The Balaban J connectivity index is 2.00. The summed E-state index contributed by atoms with van der Waals surface area (Å²) in [5.74, 6) is 0. The number of nitro benzene ring substituents is 1. The first kappa shape index (κ1) is 12.1. The molecule has 6 heteroatoms. The van der Waals surface area contributed by atoms with Crippen LogP contribution in [-0.2, 0) is 4.74 Å². The molecule has 0 spiro atoms. The third-order valence-electron chi connectivity index (χ3n) is 2.95. The van der Waals surface area contributed by atoms with E-state index >= 15 is 0 Å². The van der Waals surface area contributed by atoms with Crippen molar-refractivity contribution in [1.29, 1.82) is 0 Å². The number of halogens is 1. The molecule has 0 bridgehead atoms. The molecule has 1 aliphatic carbocycles. The summed E-state index contributed by atoms with van der Waals surface area (Å²) in [5.41, 5.74) is 0.737. The first-order valence-corrected chi connectivity index (χ1v) is 5.71. The maximum absolute atomic E-state index is 10.5. The number of anilines is 1. The van der Waals surface area contributed by atoms with E-state index in [1.165, 1.54) is 12.1 Å². The topological polar surface area (TPSA) is 64.4 Å². The Bertz CT molecular complexity index is 433. The van der Waals surface area contributed by atoms with Gasteiger partial charge in [0.25, 0.3) is 5.69 Å². The number of hydrogen-bond donors (Lipinski definition) is 1. The van der Waals surface area contributed by atoms with Crippen molar-refractivity contribution in [3.8, 4) is 0 Å². The zero-order valence-corrected chi connectivity index (χ0v) is 10.1. The zero-order valence-electron chi connectivity index (χ0n) is 9.35. The molecule has 1 aliphatic rings. The molecule has 92 valence electrons. The molecular formula is C11H13ClN2O3. The lowest BCUT2D eigenvalue weighted by Crippen LogP contribution is -2.40. The highest BCUT2D eigenvalue weighted by molar-refractivity contribution is 6.33. The maximum atomic E-state index is 10.5. The van der Waals surface area contributed by atoms with E-state index in [2.05, 4.69) is 5.32 Å². The van der Waals surface area contributed by atoms with Gasteiger partial charge in [-0.1, -0.05) is 11.6 Å². The molecule has 0 radical (unpaired) electrons. The standard InChI is InChI=1S/C11H13ClN2O3/c1-17-9-4-7(5-9)13-11-3-2-8(14(15)16)6-10(11)12/h2-3,6-7,9,13H,4-5H2,1H3. The van der Waals surface area contributed by atoms with Gasteiger partial charge in [0.1, 0.15) is 0 Å². The van der Waals surface area contributed by atoms with E-state index in [9.17, 15) is 10.1 Å². The van der Waals surface area contributed by atoms with Crippen LogP contribution in [0.3, 0.4) is 0 Å². The smallest absolute Gasteiger partial charge is 0.271 e. The summed E-state index contributed by atoms with van der Waals surface area (Å²) in [4.78, 5) is 10.1. The van der Waals surface area contributed by atoms with Crippen molar-refractivity contribution in [2.45, 2.75) is 25.0 Å². The summed E-state index contributed by atoms with van der Waals surface area (Å²) in [5, 5.41) is 14.2. The first-order valence-electron chi connectivity index (χ1n) is 5.33. The fourth-order valence-electron chi connectivity index (χ4n) is 1.83. The van der Waals surface area contributed by atoms with Gasteiger partial charge in [0.15, 0.2) is 0 Å². The fraction of sp³-hybridized carbons (Fsp3) is 0.455. The molecule has 0 heterocycles. The number of nitrogens with one attached hydrogen (secondary N) is 1. The number of non-ortho nitro benzene ring substituents is 1. The van der Waals surface area contributed by atoms with Gasteiger partial charge in [-0.15, -0.1) is 0 Å². The number of rotatable bonds is 4. The molecule has 1 saturated carbocycles. The lowest BCUT2D eigenvalue weighted by Gasteiger charge is -2.35. The number of ether oxygens (including phenoxy) is 1. The summed E-state index contributed by atoms with van der Waals surface area (Å²) in [6.45, 7) is 0. The Labute approximate surface area is 104 Å². The highest BCUT2D eigenvalue weighted by Crippen LogP contribution is 2.31. The average molecular weight is 257 g/mol. The van der Waals surface area contributed by atoms with Crippen molar-refractivity contribution in [1.82, 2.24) is 0 Å². The lowest BCUT2D eigenvalue weighted by molar-refractivity contribution is -0.384. The van der Waals surface area contributed by atoms with E-state index in [1.54, 1.807) is 13.2 Å². The third-order valence-corrected chi connectivity index (χ3v) is 3.26. The predicted molar refractivity (Wildman–Crippen MR) is 65.5 cm³/mol. The van der Waals surface area contributed by atoms with Crippen LogP contribution in [0.2, 0.25) is 5.02 Å². The zero-order chi connectivity index (χ0) is 12.4. The normalized spacial score (nSPS) is 22.9. The highest BCUT2D eigenvalue weighted by Gasteiger charge is 2.29. The van der Waals surface area contributed by atoms with E-state index in [0.717, 1.165) is 18.5 Å². The molecule has 0 unspecified atom stereocenters. The number of nitrogens with zero attached hydrogens (tertiary/aromatic N) is 1. The summed E-state index contributed by atoms with van der Waals surface area (Å²) in [7, 11) is 1.69. The lowest BCUT2D eigenvalue weighted by atomic mass is 9.89. The van der Waals surface area contributed by atoms with Gasteiger partial charge < -0.3 is 10.1 Å². The number of benzene rings is 1. The van der Waals surface area contributed by atoms with Crippen molar-refractivity contribution in [3.63, 3.8) is 0 Å². The van der Waals surface area contributed by atoms with Gasteiger partial charge in [-0.2, -0.15) is 0 Å². The Kier molecular flexibility index (Phi) is 3.49. The van der Waals surface area contributed by atoms with Crippen molar-refractivity contribution in [3.05, 3.63) is 33.3 Å². The van der Waals surface area contributed by atoms with E-state index in [0.29, 0.717) is 17.2 Å². The van der Waals surface area contributed by atoms with Gasteiger partial charge in [-0.25, -0.2) is 0 Å². The second-order valence-corrected chi connectivity index (χ2v) is 4.50. The molecule has 0 amide bonds. The first-order chi connectivity index (χ1) is 8.10. The second kappa shape index (κ2) is 4.89. The molecule has 1 fully saturated rings. The number of nitro groups is 1. The van der Waals surface area contributed by atoms with Crippen LogP contribution in [-0.4, -0.2) is 24.2 Å². The molecule has 0 aromatic heterocycles. The van der Waals surface area contributed by atoms with Gasteiger partial charge in [0.2, 0.25) is 0 Å². The molecule has 0 saturated heterocycles. The van der Waals surface area contributed by atoms with Crippen LogP contribution in [0.15, 0.2) is 18.2 Å². The molecule has 2 rings (SSSR count). The minimum absolute atomic E-state index is 0.00364. The summed E-state index contributed by atoms with van der Waals surface area (Å²) in [6.07, 6.45) is 2.18. The van der Waals surface area contributed by atoms with Gasteiger partial charge in [0.05, 0.1) is 21.7 Å². The Morgan fingerprint density at radius 1 is 1.53 bits per heavy atom. The van der Waals surface area contributed by atoms with E-state index in [4.69, 9.17) is 16.3 Å². The summed E-state index contributed by atoms with van der Waals surface area (Å²) in [6, 6.07) is 4.77. The monoisotopic (exact) mass is 256 g/mol. The fourth-order valence-corrected chi connectivity index (χ4v) is 2.06. The molecule has 0 aliphatic heterocycles. The van der Waals surface area contributed by atoms with Crippen LogP contribution in [0.25, 0.3) is 0 Å². The van der Waals surface area contributed by atoms with Gasteiger partial charge in [-0.05, 0) is 18.9 Å². The molecule has 17 heavy (non-hydrogen) atoms. The summed E-state index contributed by atoms with van der Waals surface area (Å²) >= 11 is 5.97. The Morgan fingerprint density at radius 3 is 2.76 bits per heavy atom. The molecule has 0 atom stereocenters. The molecule has 1 aromatic carbocycles. The van der Waals surface area contributed by atoms with Gasteiger partial charge in [-0.3, -0.25) is 10.1 Å². The highest BCUT2D eigenvalue weighted by atomic mass is 35.5. The van der Waals surface area contributed by atoms with Crippen LogP contribution in [0.1, 0.15) is 12.8 Å². The SMILES string of the molecule is COC1CC(Nc2ccc([N+](=O)[O-])cc2Cl)C1. The van der Waals surface area contributed by atoms with Crippen LogP contribution in [0.5, 0.6) is 0 Å². The van der Waals surface area contributed by atoms with Gasteiger partial charge >= 0.3 is 0 Å². The summed E-state index contributed by atoms with van der Waals surface area (Å²) < 4.78 is 5.17. The minimum atomic E-state index is -0.458. The molecule has 1 aromatic rings. The number of methoxy groups -OCH3 is 1. The molecule has 1 N–H and O–H groups in total. The van der Waals surface area contributed by atoms with Crippen molar-refractivity contribution in [2.75, 3.05) is 12.4 Å². The largest absolute Gasteiger partial charge is 0.381 e. The molecular weight excluding hydrogens is 244 g/mol. The Hall–Kier alpha value is -1.33. The number of hydrogen-bond acceptors (Lipinski definition) is 4. The van der Waals surface area contributed by atoms with Crippen molar-refractivity contribution in [2.24, 2.45) is 0 Å². The van der Waals surface area contributed by atoms with Gasteiger partial charge in [0, 0.05) is 25.3 Å². The third kappa shape index (κ3) is 2.68. The second-order valence-electron chi connectivity index (χ2n) is 4.09. The maximum Gasteiger partial charge on any atom is 0.271 e. The van der Waals surface area contributed by atoms with Crippen LogP contribution in [0, 0.1) is 10.1 Å². The van der Waals surface area contributed by atoms with E-state index < -0.39 is 4.92 Å². The van der Waals surface area contributed by atoms with Crippen LogP contribution < -0.4 is 5.32 Å². The van der Waals surface area contributed by atoms with Crippen molar-refractivity contribution < 1.29 is 9.66 Å². The average Bonchev–Trinajstić information content (AvgIpc) is 2.24. The minimum Gasteiger partial charge on any atom is -0.381 e. The van der Waals surface area contributed by atoms with E-state index in [-0.39, 0.29) is 5.69 Å². The van der Waals surface area contributed by atoms with Crippen LogP contribution >= 0.6 is 11.6 Å². The molecule has 5 nitrogen and oxygen atoms in total. The van der Waals surface area contributed by atoms with Crippen molar-refractivity contribution >= 4 is 23.0 Å². The van der Waals surface area contributed by atoms with Crippen LogP contribution in [0.4, 0.5) is 11.4 Å².